The summed E-state index contributed by atoms with van der Waals surface area (Å²) in [6, 6.07) is 0. The molecular formula is C7H14O. The average Bonchev–Trinajstić information content (AvgIpc) is 1.64. The van der Waals surface area contributed by atoms with Gasteiger partial charge in [-0.05, 0) is 33.1 Å². The maximum Gasteiger partial charge on any atom is 0.0550 e. The van der Waals surface area contributed by atoms with Gasteiger partial charge in [0, 0.05) is 0 Å². The highest BCUT2D eigenvalue weighted by atomic mass is 16.5. The predicted octanol–water partition coefficient (Wildman–Crippen LogP) is 1.96. The summed E-state index contributed by atoms with van der Waals surface area (Å²) in [5, 5.41) is 0. The van der Waals surface area contributed by atoms with Crippen molar-refractivity contribution in [2.75, 3.05) is 0 Å². The molecule has 0 bridgehead atoms. The minimum Gasteiger partial charge on any atom is -0.376 e. The highest BCUT2D eigenvalue weighted by Gasteiger charge is 2.13. The third-order valence-corrected chi connectivity index (χ3v) is 1.69. The van der Waals surface area contributed by atoms with Crippen LogP contribution in [0.15, 0.2) is 0 Å². The van der Waals surface area contributed by atoms with Crippen molar-refractivity contribution in [3.05, 3.63) is 0 Å². The van der Waals surface area contributed by atoms with E-state index < -0.39 is 0 Å². The van der Waals surface area contributed by atoms with Crippen LogP contribution < -0.4 is 0 Å². The smallest absolute Gasteiger partial charge is 0.0550 e. The summed E-state index contributed by atoms with van der Waals surface area (Å²) in [7, 11) is 0. The molecule has 1 heteroatoms. The lowest BCUT2D eigenvalue weighted by Gasteiger charge is -2.24. The molecule has 48 valence electrons. The Bertz CT molecular complexity index is 62.8. The van der Waals surface area contributed by atoms with Gasteiger partial charge in [0.2, 0.25) is 0 Å². The van der Waals surface area contributed by atoms with Crippen molar-refractivity contribution in [3.63, 3.8) is 0 Å². The van der Waals surface area contributed by atoms with E-state index in [-0.39, 0.29) is 0 Å². The van der Waals surface area contributed by atoms with Crippen molar-refractivity contribution in [3.8, 4) is 0 Å². The van der Waals surface area contributed by atoms with Crippen LogP contribution >= 0.6 is 0 Å². The number of hydrogen-bond acceptors (Lipinski definition) is 1. The second-order valence-corrected chi connectivity index (χ2v) is 2.69. The van der Waals surface area contributed by atoms with Crippen molar-refractivity contribution in [1.29, 1.82) is 0 Å². The zero-order valence-electron chi connectivity index (χ0n) is 5.68. The Morgan fingerprint density at radius 3 is 1.88 bits per heavy atom. The van der Waals surface area contributed by atoms with Crippen LogP contribution in [0.3, 0.4) is 0 Å². The lowest BCUT2D eigenvalue weighted by atomic mass is 10.1. The van der Waals surface area contributed by atoms with Crippen LogP contribution in [-0.4, -0.2) is 12.2 Å². The molecule has 0 aliphatic carbocycles. The van der Waals surface area contributed by atoms with Crippen molar-refractivity contribution in [2.45, 2.75) is 45.3 Å². The molecule has 0 aromatic heterocycles. The quantitative estimate of drug-likeness (QED) is 0.468. The first-order valence-corrected chi connectivity index (χ1v) is 3.44. The third-order valence-electron chi connectivity index (χ3n) is 1.69. The van der Waals surface area contributed by atoms with Gasteiger partial charge in [-0.2, -0.15) is 0 Å². The fourth-order valence-electron chi connectivity index (χ4n) is 1.23. The van der Waals surface area contributed by atoms with Crippen LogP contribution in [0, 0.1) is 0 Å². The minimum atomic E-state index is 0.513. The molecular weight excluding hydrogens is 100 g/mol. The molecule has 0 N–H and O–H groups in total. The Hall–Kier alpha value is -0.0400. The highest BCUT2D eigenvalue weighted by Crippen LogP contribution is 2.17. The summed E-state index contributed by atoms with van der Waals surface area (Å²) >= 11 is 0. The number of ether oxygens (including phenoxy) is 1. The summed E-state index contributed by atoms with van der Waals surface area (Å²) in [6.45, 7) is 4.30. The molecule has 0 radical (unpaired) electrons. The van der Waals surface area contributed by atoms with E-state index in [9.17, 15) is 0 Å². The first-order valence-electron chi connectivity index (χ1n) is 3.44. The highest BCUT2D eigenvalue weighted by molar-refractivity contribution is 4.63. The normalized spacial score (nSPS) is 39.8. The predicted molar refractivity (Wildman–Crippen MR) is 33.9 cm³/mol. The maximum atomic E-state index is 5.49. The Morgan fingerprint density at radius 2 is 1.62 bits per heavy atom. The SMILES string of the molecule is CC1CCC[C@H](C)O1. The molecule has 0 aromatic carbocycles. The molecule has 0 spiro atoms. The molecule has 8 heavy (non-hydrogen) atoms. The lowest BCUT2D eigenvalue weighted by Crippen LogP contribution is -2.22. The summed E-state index contributed by atoms with van der Waals surface area (Å²) in [5.74, 6) is 0. The van der Waals surface area contributed by atoms with E-state index in [4.69, 9.17) is 4.74 Å². The monoisotopic (exact) mass is 114 g/mol. The van der Waals surface area contributed by atoms with Crippen LogP contribution in [0.4, 0.5) is 0 Å². The second kappa shape index (κ2) is 2.49. The van der Waals surface area contributed by atoms with Crippen LogP contribution in [0.1, 0.15) is 33.1 Å². The van der Waals surface area contributed by atoms with E-state index >= 15 is 0 Å². The number of hydrogen-bond donors (Lipinski definition) is 0. The minimum absolute atomic E-state index is 0.513. The van der Waals surface area contributed by atoms with Gasteiger partial charge in [-0.3, -0.25) is 0 Å². The molecule has 2 atom stereocenters. The fraction of sp³-hybridized carbons (Fsp3) is 1.00. The first-order chi connectivity index (χ1) is 3.79. The zero-order valence-corrected chi connectivity index (χ0v) is 5.68. The molecule has 1 aliphatic heterocycles. The molecule has 0 saturated carbocycles. The Kier molecular flexibility index (Phi) is 1.90. The van der Waals surface area contributed by atoms with Crippen molar-refractivity contribution < 1.29 is 4.74 Å². The molecule has 1 nitrogen and oxygen atoms in total. The van der Waals surface area contributed by atoms with Gasteiger partial charge in [-0.15, -0.1) is 0 Å². The fourth-order valence-corrected chi connectivity index (χ4v) is 1.23. The topological polar surface area (TPSA) is 9.23 Å². The molecule has 0 amide bonds. The van der Waals surface area contributed by atoms with Crippen LogP contribution in [0.2, 0.25) is 0 Å². The first kappa shape index (κ1) is 6.09. The largest absolute Gasteiger partial charge is 0.376 e. The van der Waals surface area contributed by atoms with Gasteiger partial charge in [0.15, 0.2) is 0 Å². The third kappa shape index (κ3) is 1.48. The summed E-state index contributed by atoms with van der Waals surface area (Å²) < 4.78 is 5.49. The van der Waals surface area contributed by atoms with Crippen LogP contribution in [-0.2, 0) is 4.74 Å². The van der Waals surface area contributed by atoms with E-state index in [0.717, 1.165) is 0 Å². The Labute approximate surface area is 51.0 Å². The van der Waals surface area contributed by atoms with Crippen molar-refractivity contribution >= 4 is 0 Å². The zero-order chi connectivity index (χ0) is 5.98. The molecule has 1 unspecified atom stereocenters. The summed E-state index contributed by atoms with van der Waals surface area (Å²) in [4.78, 5) is 0. The second-order valence-electron chi connectivity index (χ2n) is 2.69. The van der Waals surface area contributed by atoms with E-state index in [1.54, 1.807) is 0 Å². The Morgan fingerprint density at radius 1 is 1.12 bits per heavy atom. The van der Waals surface area contributed by atoms with Gasteiger partial charge in [0.05, 0.1) is 12.2 Å². The van der Waals surface area contributed by atoms with E-state index in [0.29, 0.717) is 12.2 Å². The molecule has 1 saturated heterocycles. The van der Waals surface area contributed by atoms with Crippen LogP contribution in [0.5, 0.6) is 0 Å². The molecule has 1 rings (SSSR count). The van der Waals surface area contributed by atoms with E-state index in [1.807, 2.05) is 0 Å². The van der Waals surface area contributed by atoms with Crippen molar-refractivity contribution in [1.82, 2.24) is 0 Å². The number of rotatable bonds is 0. The molecule has 0 aromatic rings. The van der Waals surface area contributed by atoms with Gasteiger partial charge in [0.1, 0.15) is 0 Å². The van der Waals surface area contributed by atoms with Crippen LogP contribution in [0.25, 0.3) is 0 Å². The summed E-state index contributed by atoms with van der Waals surface area (Å²) in [6.07, 6.45) is 4.88. The molecule has 1 fully saturated rings. The van der Waals surface area contributed by atoms with Crippen molar-refractivity contribution in [2.24, 2.45) is 0 Å². The lowest BCUT2D eigenvalue weighted by molar-refractivity contribution is -0.0292. The van der Waals surface area contributed by atoms with E-state index in [2.05, 4.69) is 13.8 Å². The standard InChI is InChI=1S/C7H14O/c1-6-4-3-5-7(2)8-6/h6-7H,3-5H2,1-2H3/t6-,7?/m0/s1. The Balaban J connectivity index is 2.23. The summed E-state index contributed by atoms with van der Waals surface area (Å²) in [5.41, 5.74) is 0. The maximum absolute atomic E-state index is 5.49. The molecule has 1 heterocycles. The van der Waals surface area contributed by atoms with Gasteiger partial charge in [0.25, 0.3) is 0 Å². The van der Waals surface area contributed by atoms with Gasteiger partial charge >= 0.3 is 0 Å². The van der Waals surface area contributed by atoms with Gasteiger partial charge < -0.3 is 4.74 Å². The van der Waals surface area contributed by atoms with Gasteiger partial charge in [-0.1, -0.05) is 0 Å². The molecule has 1 aliphatic rings. The van der Waals surface area contributed by atoms with E-state index in [1.165, 1.54) is 19.3 Å². The van der Waals surface area contributed by atoms with Gasteiger partial charge in [-0.25, -0.2) is 0 Å². The average molecular weight is 114 g/mol.